The van der Waals surface area contributed by atoms with E-state index in [9.17, 15) is 12.8 Å². The highest BCUT2D eigenvalue weighted by atomic mass is 32.2. The van der Waals surface area contributed by atoms with Crippen LogP contribution in [0, 0.1) is 5.82 Å². The number of anilines is 1. The smallest absolute Gasteiger partial charge is 0.245 e. The van der Waals surface area contributed by atoms with Crippen molar-refractivity contribution < 1.29 is 12.8 Å². The van der Waals surface area contributed by atoms with Gasteiger partial charge < -0.3 is 5.73 Å². The van der Waals surface area contributed by atoms with Crippen LogP contribution in [0.5, 0.6) is 0 Å². The van der Waals surface area contributed by atoms with Crippen molar-refractivity contribution in [3.63, 3.8) is 0 Å². The Labute approximate surface area is 100 Å². The second-order valence-electron chi connectivity index (χ2n) is 4.09. The first kappa shape index (κ1) is 12.3. The molecule has 17 heavy (non-hydrogen) atoms. The Morgan fingerprint density at radius 2 is 2.12 bits per heavy atom. The molecule has 0 spiro atoms. The van der Waals surface area contributed by atoms with Crippen molar-refractivity contribution in [1.82, 2.24) is 4.31 Å². The number of halogens is 1. The molecule has 1 aliphatic rings. The summed E-state index contributed by atoms with van der Waals surface area (Å²) in [6, 6.07) is 3.91. The molecule has 0 aromatic heterocycles. The number of nitrogen functional groups attached to an aromatic ring is 1. The molecule has 0 radical (unpaired) electrons. The van der Waals surface area contributed by atoms with Gasteiger partial charge in [-0.3, -0.25) is 0 Å². The minimum atomic E-state index is -3.67. The second kappa shape index (κ2) is 4.27. The fourth-order valence-corrected chi connectivity index (χ4v) is 3.68. The summed E-state index contributed by atoms with van der Waals surface area (Å²) < 4.78 is 39.3. The van der Waals surface area contributed by atoms with Crippen LogP contribution in [0.3, 0.4) is 0 Å². The molecule has 0 aliphatic heterocycles. The van der Waals surface area contributed by atoms with Crippen molar-refractivity contribution in [3.8, 4) is 0 Å². The summed E-state index contributed by atoms with van der Waals surface area (Å²) in [7, 11) is -3.67. The Morgan fingerprint density at radius 3 is 2.65 bits per heavy atom. The summed E-state index contributed by atoms with van der Waals surface area (Å²) in [4.78, 5) is -0.133. The lowest BCUT2D eigenvalue weighted by Gasteiger charge is -2.20. The van der Waals surface area contributed by atoms with Gasteiger partial charge in [-0.2, -0.15) is 4.31 Å². The van der Waals surface area contributed by atoms with Crippen LogP contribution in [0.15, 0.2) is 23.1 Å². The topological polar surface area (TPSA) is 63.4 Å². The zero-order valence-corrected chi connectivity index (χ0v) is 10.4. The lowest BCUT2D eigenvalue weighted by atomic mass is 10.3. The molecule has 0 unspecified atom stereocenters. The van der Waals surface area contributed by atoms with E-state index in [1.165, 1.54) is 16.4 Å². The second-order valence-corrected chi connectivity index (χ2v) is 5.95. The molecule has 0 atom stereocenters. The molecule has 1 saturated carbocycles. The van der Waals surface area contributed by atoms with E-state index in [1.807, 2.05) is 0 Å². The molecule has 4 nitrogen and oxygen atoms in total. The number of hydrogen-bond donors (Lipinski definition) is 1. The molecule has 0 amide bonds. The molecule has 0 heterocycles. The lowest BCUT2D eigenvalue weighted by molar-refractivity contribution is 0.421. The van der Waals surface area contributed by atoms with Gasteiger partial charge >= 0.3 is 0 Å². The zero-order chi connectivity index (χ0) is 12.6. The van der Waals surface area contributed by atoms with E-state index in [0.29, 0.717) is 6.54 Å². The molecule has 1 aromatic rings. The number of benzene rings is 1. The average molecular weight is 258 g/mol. The van der Waals surface area contributed by atoms with Gasteiger partial charge in [0.25, 0.3) is 0 Å². The van der Waals surface area contributed by atoms with Crippen molar-refractivity contribution in [3.05, 3.63) is 24.0 Å². The van der Waals surface area contributed by atoms with E-state index in [0.717, 1.165) is 18.9 Å². The zero-order valence-electron chi connectivity index (χ0n) is 9.56. The summed E-state index contributed by atoms with van der Waals surface area (Å²) in [6.07, 6.45) is 1.73. The Hall–Kier alpha value is -1.14. The van der Waals surface area contributed by atoms with Crippen LogP contribution in [-0.4, -0.2) is 25.3 Å². The van der Waals surface area contributed by atoms with E-state index < -0.39 is 15.8 Å². The van der Waals surface area contributed by atoms with Gasteiger partial charge in [0.2, 0.25) is 10.0 Å². The van der Waals surface area contributed by atoms with Crippen molar-refractivity contribution in [2.24, 2.45) is 0 Å². The Kier molecular flexibility index (Phi) is 3.09. The van der Waals surface area contributed by atoms with Crippen LogP contribution in [-0.2, 0) is 10.0 Å². The van der Waals surface area contributed by atoms with Crippen LogP contribution in [0.4, 0.5) is 10.1 Å². The predicted molar refractivity (Wildman–Crippen MR) is 63.4 cm³/mol. The van der Waals surface area contributed by atoms with Crippen LogP contribution in [0.2, 0.25) is 0 Å². The minimum Gasteiger partial charge on any atom is -0.395 e. The third kappa shape index (κ3) is 2.14. The first-order chi connectivity index (χ1) is 7.98. The average Bonchev–Trinajstić information content (AvgIpc) is 3.06. The van der Waals surface area contributed by atoms with Crippen molar-refractivity contribution >= 4 is 15.7 Å². The maximum absolute atomic E-state index is 13.3. The van der Waals surface area contributed by atoms with Gasteiger partial charge in [0.1, 0.15) is 10.7 Å². The van der Waals surface area contributed by atoms with Gasteiger partial charge in [-0.05, 0) is 25.0 Å². The van der Waals surface area contributed by atoms with Gasteiger partial charge in [-0.1, -0.05) is 13.0 Å². The van der Waals surface area contributed by atoms with E-state index >= 15 is 0 Å². The largest absolute Gasteiger partial charge is 0.395 e. The number of hydrogen-bond acceptors (Lipinski definition) is 3. The summed E-state index contributed by atoms with van der Waals surface area (Å²) in [5.41, 5.74) is 5.20. The number of nitrogens with zero attached hydrogens (tertiary/aromatic N) is 1. The summed E-state index contributed by atoms with van der Waals surface area (Å²) >= 11 is 0. The number of nitrogens with two attached hydrogens (primary N) is 1. The molecular weight excluding hydrogens is 243 g/mol. The molecule has 6 heteroatoms. The third-order valence-electron chi connectivity index (χ3n) is 2.87. The van der Waals surface area contributed by atoms with Crippen molar-refractivity contribution in [2.75, 3.05) is 12.3 Å². The molecule has 1 aromatic carbocycles. The molecular formula is C11H15FN2O2S. The Bertz CT molecular complexity index is 526. The fraction of sp³-hybridized carbons (Fsp3) is 0.455. The van der Waals surface area contributed by atoms with Crippen LogP contribution < -0.4 is 5.73 Å². The SMILES string of the molecule is CCN(C1CC1)S(=O)(=O)c1cccc(F)c1N. The number of sulfonamides is 1. The maximum Gasteiger partial charge on any atom is 0.245 e. The van der Waals surface area contributed by atoms with E-state index in [1.54, 1.807) is 6.92 Å². The summed E-state index contributed by atoms with van der Waals surface area (Å²) in [6.45, 7) is 2.15. The molecule has 2 rings (SSSR count). The Morgan fingerprint density at radius 1 is 1.47 bits per heavy atom. The highest BCUT2D eigenvalue weighted by molar-refractivity contribution is 7.89. The van der Waals surface area contributed by atoms with Crippen LogP contribution in [0.1, 0.15) is 19.8 Å². The normalized spacial score (nSPS) is 16.4. The van der Waals surface area contributed by atoms with Gasteiger partial charge in [0.05, 0.1) is 5.69 Å². The van der Waals surface area contributed by atoms with Crippen LogP contribution in [0.25, 0.3) is 0 Å². The van der Waals surface area contributed by atoms with Crippen molar-refractivity contribution in [2.45, 2.75) is 30.7 Å². The number of rotatable bonds is 4. The molecule has 0 saturated heterocycles. The molecule has 1 fully saturated rings. The van der Waals surface area contributed by atoms with Gasteiger partial charge in [-0.25, -0.2) is 12.8 Å². The molecule has 1 aliphatic carbocycles. The Balaban J connectivity index is 2.47. The highest BCUT2D eigenvalue weighted by Gasteiger charge is 2.37. The van der Waals surface area contributed by atoms with Gasteiger partial charge in [0, 0.05) is 12.6 Å². The summed E-state index contributed by atoms with van der Waals surface area (Å²) in [5, 5.41) is 0. The first-order valence-corrected chi connectivity index (χ1v) is 6.98. The molecule has 0 bridgehead atoms. The van der Waals surface area contributed by atoms with Crippen molar-refractivity contribution in [1.29, 1.82) is 0 Å². The highest BCUT2D eigenvalue weighted by Crippen LogP contribution is 2.33. The molecule has 94 valence electrons. The lowest BCUT2D eigenvalue weighted by Crippen LogP contribution is -2.33. The monoisotopic (exact) mass is 258 g/mol. The third-order valence-corrected chi connectivity index (χ3v) is 4.95. The molecule has 2 N–H and O–H groups in total. The predicted octanol–water partition coefficient (Wildman–Crippen LogP) is 1.58. The van der Waals surface area contributed by atoms with Gasteiger partial charge in [-0.15, -0.1) is 0 Å². The number of para-hydroxylation sites is 1. The summed E-state index contributed by atoms with van der Waals surface area (Å²) in [5.74, 6) is -0.696. The maximum atomic E-state index is 13.3. The van der Waals surface area contributed by atoms with E-state index in [4.69, 9.17) is 5.73 Å². The first-order valence-electron chi connectivity index (χ1n) is 5.54. The standard InChI is InChI=1S/C11H15FN2O2S/c1-2-14(8-6-7-8)17(15,16)10-5-3-4-9(12)11(10)13/h3-5,8H,2,6-7,13H2,1H3. The van der Waals surface area contributed by atoms with E-state index in [2.05, 4.69) is 0 Å². The van der Waals surface area contributed by atoms with Gasteiger partial charge in [0.15, 0.2) is 0 Å². The minimum absolute atomic E-state index is 0.0488. The quantitative estimate of drug-likeness (QED) is 0.834. The van der Waals surface area contributed by atoms with Crippen LogP contribution >= 0.6 is 0 Å². The van der Waals surface area contributed by atoms with E-state index in [-0.39, 0.29) is 16.6 Å². The fourth-order valence-electron chi connectivity index (χ4n) is 1.86.